The minimum absolute atomic E-state index is 0.0195. The molecule has 0 radical (unpaired) electrons. The first-order chi connectivity index (χ1) is 23.8. The largest absolute Gasteiger partial charge is 0.496 e. The van der Waals surface area contributed by atoms with Crippen molar-refractivity contribution in [2.24, 2.45) is 16.5 Å². The average Bonchev–Trinajstić information content (AvgIpc) is 3.97. The maximum absolute atomic E-state index is 14.6. The van der Waals surface area contributed by atoms with Gasteiger partial charge in [0.05, 0.1) is 37.5 Å². The number of methoxy groups -OCH3 is 2. The van der Waals surface area contributed by atoms with Crippen molar-refractivity contribution >= 4 is 46.9 Å². The zero-order chi connectivity index (χ0) is 37.5. The topological polar surface area (TPSA) is 174 Å². The van der Waals surface area contributed by atoms with Crippen LogP contribution in [-0.4, -0.2) is 96.3 Å². The zero-order valence-corrected chi connectivity index (χ0v) is 31.4. The number of alkyl carbamates (subject to hydrolysis) is 1. The summed E-state index contributed by atoms with van der Waals surface area (Å²) in [6.45, 7) is 10.5. The number of carbonyl (C=O) groups excluding carboxylic acids is 5. The van der Waals surface area contributed by atoms with Crippen molar-refractivity contribution in [3.63, 3.8) is 0 Å². The molecule has 3 N–H and O–H groups in total. The Balaban J connectivity index is 1.44. The predicted octanol–water partition coefficient (Wildman–Crippen LogP) is 3.89. The number of amides is 4. The van der Waals surface area contributed by atoms with Crippen LogP contribution in [0.1, 0.15) is 92.1 Å². The van der Waals surface area contributed by atoms with E-state index in [9.17, 15) is 24.0 Å². The van der Waals surface area contributed by atoms with Gasteiger partial charge in [-0.15, -0.1) is 0 Å². The summed E-state index contributed by atoms with van der Waals surface area (Å²) < 4.78 is 16.4. The third-order valence-corrected chi connectivity index (χ3v) is 9.71. The average molecular weight is 732 g/mol. The van der Waals surface area contributed by atoms with Crippen LogP contribution in [0.25, 0.3) is 0 Å². The van der Waals surface area contributed by atoms with Crippen molar-refractivity contribution in [3.05, 3.63) is 22.7 Å². The van der Waals surface area contributed by atoms with E-state index in [2.05, 4.69) is 21.1 Å². The van der Waals surface area contributed by atoms with Crippen LogP contribution in [0.2, 0.25) is 5.02 Å². The van der Waals surface area contributed by atoms with Crippen LogP contribution in [0.4, 0.5) is 4.79 Å². The summed E-state index contributed by atoms with van der Waals surface area (Å²) in [6.07, 6.45) is 3.17. The number of ketones is 1. The molecular formula is C36H50ClN5O9. The molecule has 1 aromatic carbocycles. The highest BCUT2D eigenvalue weighted by molar-refractivity contribution is 6.38. The van der Waals surface area contributed by atoms with Crippen LogP contribution in [0, 0.1) is 11.3 Å². The van der Waals surface area contributed by atoms with Crippen LogP contribution >= 0.6 is 11.6 Å². The second-order valence-corrected chi connectivity index (χ2v) is 16.6. The predicted molar refractivity (Wildman–Crippen MR) is 188 cm³/mol. The molecule has 2 aliphatic carbocycles. The van der Waals surface area contributed by atoms with Crippen molar-refractivity contribution in [2.75, 3.05) is 20.8 Å². The number of hydrogen-bond donors (Lipinski definition) is 3. The number of nitrogens with one attached hydrogen (secondary N) is 3. The fraction of sp³-hybridized carbons (Fsp3) is 0.667. The maximum atomic E-state index is 14.6. The number of hydrogen-bond acceptors (Lipinski definition) is 10. The van der Waals surface area contributed by atoms with E-state index in [1.54, 1.807) is 53.7 Å². The van der Waals surface area contributed by atoms with Gasteiger partial charge in [0, 0.05) is 30.5 Å². The number of nitrogens with zero attached hydrogens (tertiary/aromatic N) is 2. The highest BCUT2D eigenvalue weighted by atomic mass is 35.5. The molecule has 1 aromatic rings. The van der Waals surface area contributed by atoms with E-state index in [4.69, 9.17) is 30.6 Å². The van der Waals surface area contributed by atoms with Gasteiger partial charge in [-0.25, -0.2) is 4.79 Å². The number of ether oxygens (including phenoxy) is 3. The Bertz CT molecular complexity index is 1590. The molecule has 4 aliphatic rings. The highest BCUT2D eigenvalue weighted by Crippen LogP contribution is 2.43. The SMILES string of the molecule is COc1cc(OC)c(C2=NO[C@]3(C2)C[C@@H](C(=O)N[C@@H](CC2CC2)C(=O)C(=O)NC2CC2)N(C(=O)[C@@H](NC(=O)OC(C)(C)C)C(C)(C)C)C3)cc1Cl. The number of carbonyl (C=O) groups is 5. The summed E-state index contributed by atoms with van der Waals surface area (Å²) >= 11 is 6.46. The summed E-state index contributed by atoms with van der Waals surface area (Å²) in [5, 5.41) is 13.0. The molecule has 4 amide bonds. The number of rotatable bonds is 12. The van der Waals surface area contributed by atoms with Gasteiger partial charge in [0.25, 0.3) is 5.91 Å². The summed E-state index contributed by atoms with van der Waals surface area (Å²) in [7, 11) is 2.99. The Morgan fingerprint density at radius 1 is 1.00 bits per heavy atom. The van der Waals surface area contributed by atoms with Gasteiger partial charge in [-0.3, -0.25) is 19.2 Å². The van der Waals surface area contributed by atoms with Crippen LogP contribution < -0.4 is 25.4 Å². The molecule has 2 heterocycles. The number of halogens is 1. The molecule has 51 heavy (non-hydrogen) atoms. The van der Waals surface area contributed by atoms with Gasteiger partial charge in [-0.05, 0) is 57.4 Å². The molecule has 1 spiro atoms. The molecule has 0 bridgehead atoms. The van der Waals surface area contributed by atoms with Crippen molar-refractivity contribution in [1.82, 2.24) is 20.9 Å². The van der Waals surface area contributed by atoms with Gasteiger partial charge in [-0.2, -0.15) is 0 Å². The van der Waals surface area contributed by atoms with E-state index >= 15 is 0 Å². The minimum atomic E-state index is -1.14. The monoisotopic (exact) mass is 731 g/mol. The lowest BCUT2D eigenvalue weighted by atomic mass is 9.85. The van der Waals surface area contributed by atoms with E-state index in [1.165, 1.54) is 19.1 Å². The van der Waals surface area contributed by atoms with Gasteiger partial charge in [0.1, 0.15) is 29.2 Å². The number of likely N-dealkylation sites (tertiary alicyclic amines) is 1. The van der Waals surface area contributed by atoms with E-state index in [0.29, 0.717) is 34.2 Å². The Kier molecular flexibility index (Phi) is 10.9. The van der Waals surface area contributed by atoms with Crippen LogP contribution in [0.15, 0.2) is 17.3 Å². The van der Waals surface area contributed by atoms with E-state index in [-0.39, 0.29) is 31.3 Å². The lowest BCUT2D eigenvalue weighted by molar-refractivity contribution is -0.144. The second kappa shape index (κ2) is 14.5. The molecule has 4 atom stereocenters. The van der Waals surface area contributed by atoms with Gasteiger partial charge in [0.2, 0.25) is 17.6 Å². The lowest BCUT2D eigenvalue weighted by Gasteiger charge is -2.36. The van der Waals surface area contributed by atoms with Crippen molar-refractivity contribution in [2.45, 2.75) is 122 Å². The molecule has 14 nitrogen and oxygen atoms in total. The van der Waals surface area contributed by atoms with Gasteiger partial charge in [-0.1, -0.05) is 50.4 Å². The molecule has 0 aromatic heterocycles. The maximum Gasteiger partial charge on any atom is 0.408 e. The molecule has 15 heteroatoms. The van der Waals surface area contributed by atoms with Gasteiger partial charge >= 0.3 is 6.09 Å². The van der Waals surface area contributed by atoms with Crippen LogP contribution in [-0.2, 0) is 28.8 Å². The Labute approximate surface area is 303 Å². The summed E-state index contributed by atoms with van der Waals surface area (Å²) in [6, 6.07) is -0.0193. The first-order valence-corrected chi connectivity index (χ1v) is 17.8. The van der Waals surface area contributed by atoms with Crippen LogP contribution in [0.3, 0.4) is 0 Å². The van der Waals surface area contributed by atoms with E-state index < -0.39 is 64.3 Å². The highest BCUT2D eigenvalue weighted by Gasteiger charge is 2.56. The van der Waals surface area contributed by atoms with Crippen molar-refractivity contribution in [3.8, 4) is 11.5 Å². The Hall–Kier alpha value is -4.07. The molecule has 0 unspecified atom stereocenters. The number of Topliss-reactive ketones (excluding diaryl/α,β-unsaturated/α-hetero) is 1. The number of benzene rings is 1. The fourth-order valence-corrected chi connectivity index (χ4v) is 6.67. The molecular weight excluding hydrogens is 682 g/mol. The third-order valence-electron chi connectivity index (χ3n) is 9.42. The van der Waals surface area contributed by atoms with Crippen LogP contribution in [0.5, 0.6) is 11.5 Å². The quantitative estimate of drug-likeness (QED) is 0.270. The molecule has 2 saturated carbocycles. The summed E-state index contributed by atoms with van der Waals surface area (Å²) in [4.78, 5) is 75.4. The van der Waals surface area contributed by atoms with Crippen molar-refractivity contribution in [1.29, 1.82) is 0 Å². The van der Waals surface area contributed by atoms with E-state index in [0.717, 1.165) is 25.7 Å². The third kappa shape index (κ3) is 9.24. The lowest BCUT2D eigenvalue weighted by Crippen LogP contribution is -2.59. The van der Waals surface area contributed by atoms with E-state index in [1.807, 2.05) is 0 Å². The first kappa shape index (κ1) is 38.2. The van der Waals surface area contributed by atoms with Gasteiger partial charge < -0.3 is 39.9 Å². The standard InChI is InChI=1S/C36H50ClN5O9/c1-34(2,3)29(40-33(47)50-35(4,5)6)32(46)42-18-36(16-24(41-51-36)21-14-22(37)27(49-8)15-26(21)48-7)17-25(42)30(44)39-23(13-19-9-10-19)28(43)31(45)38-20-11-12-20/h14-15,19-20,23,25,29H,9-13,16-18H2,1-8H3,(H,38,45)(H,39,44)(H,40,47)/t23-,25-,29+,36+/m0/s1. The fourth-order valence-electron chi connectivity index (χ4n) is 6.43. The smallest absolute Gasteiger partial charge is 0.408 e. The summed E-state index contributed by atoms with van der Waals surface area (Å²) in [5.74, 6) is -1.52. The molecule has 2 aliphatic heterocycles. The van der Waals surface area contributed by atoms with Gasteiger partial charge in [0.15, 0.2) is 5.60 Å². The Morgan fingerprint density at radius 3 is 2.24 bits per heavy atom. The molecule has 3 fully saturated rings. The second-order valence-electron chi connectivity index (χ2n) is 16.2. The summed E-state index contributed by atoms with van der Waals surface area (Å²) in [5.41, 5.74) is -1.72. The first-order valence-electron chi connectivity index (χ1n) is 17.4. The Morgan fingerprint density at radius 2 is 1.67 bits per heavy atom. The minimum Gasteiger partial charge on any atom is -0.496 e. The molecule has 280 valence electrons. The molecule has 1 saturated heterocycles. The normalized spacial score (nSPS) is 22.7. The molecule has 5 rings (SSSR count). The number of oxime groups is 1. The zero-order valence-electron chi connectivity index (χ0n) is 30.6. The van der Waals surface area contributed by atoms with Crippen molar-refractivity contribution < 1.29 is 43.0 Å².